The highest BCUT2D eigenvalue weighted by molar-refractivity contribution is 5.78. The molecule has 18 heavy (non-hydrogen) atoms. The van der Waals surface area contributed by atoms with Gasteiger partial charge in [0.2, 0.25) is 5.91 Å². The highest BCUT2D eigenvalue weighted by atomic mass is 16.3. The second-order valence-corrected chi connectivity index (χ2v) is 5.84. The van der Waals surface area contributed by atoms with Gasteiger partial charge in [0.25, 0.3) is 0 Å². The molecule has 1 aliphatic carbocycles. The molecule has 2 aliphatic rings. The fourth-order valence-electron chi connectivity index (χ4n) is 3.43. The van der Waals surface area contributed by atoms with Crippen LogP contribution in [0.1, 0.15) is 39.5 Å². The number of likely N-dealkylation sites (tertiary alicyclic amines) is 1. The van der Waals surface area contributed by atoms with Crippen LogP contribution in [0.3, 0.4) is 0 Å². The molecule has 0 aromatic heterocycles. The molecule has 1 aliphatic heterocycles. The normalized spacial score (nSPS) is 31.9. The lowest BCUT2D eigenvalue weighted by atomic mass is 10.00. The number of aliphatic hydroxyl groups is 1. The van der Waals surface area contributed by atoms with Crippen LogP contribution in [0.2, 0.25) is 0 Å². The Hall–Kier alpha value is -0.610. The zero-order chi connectivity index (χ0) is 13.1. The smallest absolute Gasteiger partial charge is 0.234 e. The van der Waals surface area contributed by atoms with Crippen molar-refractivity contribution < 1.29 is 9.90 Å². The maximum atomic E-state index is 11.9. The first-order chi connectivity index (χ1) is 8.63. The summed E-state index contributed by atoms with van der Waals surface area (Å²) in [4.78, 5) is 14.1. The Morgan fingerprint density at radius 1 is 1.33 bits per heavy atom. The van der Waals surface area contributed by atoms with E-state index in [0.29, 0.717) is 24.4 Å². The first-order valence-electron chi connectivity index (χ1n) is 7.33. The Bertz CT molecular complexity index is 292. The number of aliphatic hydroxyl groups excluding tert-OH is 1. The Labute approximate surface area is 110 Å². The van der Waals surface area contributed by atoms with Gasteiger partial charge in [-0.25, -0.2) is 0 Å². The predicted molar refractivity (Wildman–Crippen MR) is 71.2 cm³/mol. The summed E-state index contributed by atoms with van der Waals surface area (Å²) in [6.07, 6.45) is 3.92. The summed E-state index contributed by atoms with van der Waals surface area (Å²) in [5, 5.41) is 12.9. The van der Waals surface area contributed by atoms with Gasteiger partial charge in [0.05, 0.1) is 12.6 Å². The molecule has 2 fully saturated rings. The highest BCUT2D eigenvalue weighted by Crippen LogP contribution is 2.37. The number of amides is 1. The maximum Gasteiger partial charge on any atom is 0.234 e. The lowest BCUT2D eigenvalue weighted by Gasteiger charge is -2.20. The second-order valence-electron chi connectivity index (χ2n) is 5.84. The van der Waals surface area contributed by atoms with Crippen LogP contribution >= 0.6 is 0 Å². The number of nitrogens with one attached hydrogen (secondary N) is 1. The molecule has 1 amide bonds. The Balaban J connectivity index is 1.76. The molecule has 0 bridgehead atoms. The number of carbonyl (C=O) groups excluding carboxylic acids is 1. The first-order valence-corrected chi connectivity index (χ1v) is 7.33. The van der Waals surface area contributed by atoms with Crippen molar-refractivity contribution in [1.29, 1.82) is 0 Å². The third kappa shape index (κ3) is 3.04. The Morgan fingerprint density at radius 3 is 2.67 bits per heavy atom. The quantitative estimate of drug-likeness (QED) is 0.769. The minimum atomic E-state index is -0.137. The Morgan fingerprint density at radius 2 is 2.06 bits per heavy atom. The van der Waals surface area contributed by atoms with E-state index < -0.39 is 0 Å². The Kier molecular flexibility index (Phi) is 4.62. The standard InChI is InChI=1S/C14H26N2O2/c1-3-11(4-2)15-14(18)9-16-7-10-5-6-13(17)12(10)8-16/h10-13,17H,3-9H2,1-2H3,(H,15,18). The van der Waals surface area contributed by atoms with Crippen molar-refractivity contribution in [2.75, 3.05) is 19.6 Å². The number of hydrogen-bond acceptors (Lipinski definition) is 3. The average molecular weight is 254 g/mol. The number of hydrogen-bond donors (Lipinski definition) is 2. The molecule has 3 atom stereocenters. The zero-order valence-corrected chi connectivity index (χ0v) is 11.6. The molecule has 2 rings (SSSR count). The third-order valence-corrected chi connectivity index (χ3v) is 4.61. The molecule has 1 saturated carbocycles. The highest BCUT2D eigenvalue weighted by Gasteiger charge is 2.42. The lowest BCUT2D eigenvalue weighted by molar-refractivity contribution is -0.122. The van der Waals surface area contributed by atoms with Crippen LogP contribution in [-0.4, -0.2) is 47.7 Å². The lowest BCUT2D eigenvalue weighted by Crippen LogP contribution is -2.41. The van der Waals surface area contributed by atoms with E-state index in [0.717, 1.165) is 38.8 Å². The van der Waals surface area contributed by atoms with Gasteiger partial charge < -0.3 is 10.4 Å². The van der Waals surface area contributed by atoms with Gasteiger partial charge in [0.15, 0.2) is 0 Å². The van der Waals surface area contributed by atoms with Crippen LogP contribution in [-0.2, 0) is 4.79 Å². The molecule has 3 unspecified atom stereocenters. The van der Waals surface area contributed by atoms with E-state index in [1.165, 1.54) is 0 Å². The van der Waals surface area contributed by atoms with Crippen molar-refractivity contribution in [2.45, 2.75) is 51.7 Å². The van der Waals surface area contributed by atoms with Gasteiger partial charge in [0, 0.05) is 25.0 Å². The SMILES string of the molecule is CCC(CC)NC(=O)CN1CC2CCC(O)C2C1. The summed E-state index contributed by atoms with van der Waals surface area (Å²) in [5.41, 5.74) is 0. The summed E-state index contributed by atoms with van der Waals surface area (Å²) in [7, 11) is 0. The molecule has 0 radical (unpaired) electrons. The van der Waals surface area contributed by atoms with Crippen LogP contribution in [0.5, 0.6) is 0 Å². The predicted octanol–water partition coefficient (Wildman–Crippen LogP) is 0.994. The molecule has 0 spiro atoms. The fraction of sp³-hybridized carbons (Fsp3) is 0.929. The van der Waals surface area contributed by atoms with E-state index in [9.17, 15) is 9.90 Å². The minimum Gasteiger partial charge on any atom is -0.393 e. The minimum absolute atomic E-state index is 0.137. The van der Waals surface area contributed by atoms with E-state index in [-0.39, 0.29) is 12.0 Å². The summed E-state index contributed by atoms with van der Waals surface area (Å²) < 4.78 is 0. The number of rotatable bonds is 5. The van der Waals surface area contributed by atoms with E-state index >= 15 is 0 Å². The second kappa shape index (κ2) is 6.02. The van der Waals surface area contributed by atoms with E-state index in [1.807, 2.05) is 0 Å². The van der Waals surface area contributed by atoms with E-state index in [1.54, 1.807) is 0 Å². The van der Waals surface area contributed by atoms with E-state index in [4.69, 9.17) is 0 Å². The maximum absolute atomic E-state index is 11.9. The van der Waals surface area contributed by atoms with Gasteiger partial charge >= 0.3 is 0 Å². The van der Waals surface area contributed by atoms with Gasteiger partial charge in [-0.3, -0.25) is 9.69 Å². The van der Waals surface area contributed by atoms with Gasteiger partial charge in [-0.05, 0) is 31.6 Å². The van der Waals surface area contributed by atoms with Crippen molar-refractivity contribution in [3.63, 3.8) is 0 Å². The molecular weight excluding hydrogens is 228 g/mol. The molecule has 0 aromatic rings. The van der Waals surface area contributed by atoms with Crippen LogP contribution < -0.4 is 5.32 Å². The van der Waals surface area contributed by atoms with Crippen molar-refractivity contribution in [1.82, 2.24) is 10.2 Å². The van der Waals surface area contributed by atoms with Crippen LogP contribution in [0, 0.1) is 11.8 Å². The fourth-order valence-corrected chi connectivity index (χ4v) is 3.43. The molecule has 0 aromatic carbocycles. The summed E-state index contributed by atoms with van der Waals surface area (Å²) in [5.74, 6) is 1.16. The molecule has 1 heterocycles. The van der Waals surface area contributed by atoms with Crippen LogP contribution in [0.4, 0.5) is 0 Å². The molecule has 4 nitrogen and oxygen atoms in total. The van der Waals surface area contributed by atoms with E-state index in [2.05, 4.69) is 24.1 Å². The molecule has 104 valence electrons. The van der Waals surface area contributed by atoms with Gasteiger partial charge in [-0.1, -0.05) is 13.8 Å². The van der Waals surface area contributed by atoms with Crippen LogP contribution in [0.15, 0.2) is 0 Å². The van der Waals surface area contributed by atoms with Crippen molar-refractivity contribution in [3.8, 4) is 0 Å². The van der Waals surface area contributed by atoms with Crippen LogP contribution in [0.25, 0.3) is 0 Å². The largest absolute Gasteiger partial charge is 0.393 e. The third-order valence-electron chi connectivity index (χ3n) is 4.61. The van der Waals surface area contributed by atoms with Gasteiger partial charge in [0.1, 0.15) is 0 Å². The van der Waals surface area contributed by atoms with Gasteiger partial charge in [-0.2, -0.15) is 0 Å². The van der Waals surface area contributed by atoms with Gasteiger partial charge in [-0.15, -0.1) is 0 Å². The van der Waals surface area contributed by atoms with Crippen molar-refractivity contribution in [3.05, 3.63) is 0 Å². The average Bonchev–Trinajstić information content (AvgIpc) is 2.89. The first kappa shape index (κ1) is 13.8. The molecule has 1 saturated heterocycles. The molecule has 4 heteroatoms. The summed E-state index contributed by atoms with van der Waals surface area (Å²) >= 11 is 0. The number of fused-ring (bicyclic) bond motifs is 1. The monoisotopic (exact) mass is 254 g/mol. The van der Waals surface area contributed by atoms with Crippen molar-refractivity contribution in [2.24, 2.45) is 11.8 Å². The van der Waals surface area contributed by atoms with Crippen molar-refractivity contribution >= 4 is 5.91 Å². The molecular formula is C14H26N2O2. The summed E-state index contributed by atoms with van der Waals surface area (Å²) in [6, 6.07) is 0.310. The number of carbonyl (C=O) groups is 1. The molecule has 2 N–H and O–H groups in total. The zero-order valence-electron chi connectivity index (χ0n) is 11.6. The summed E-state index contributed by atoms with van der Waals surface area (Å²) in [6.45, 7) is 6.58. The topological polar surface area (TPSA) is 52.6 Å². The number of nitrogens with zero attached hydrogens (tertiary/aromatic N) is 1.